The fourth-order valence-electron chi connectivity index (χ4n) is 2.21. The number of hydrogen-bond acceptors (Lipinski definition) is 6. The Morgan fingerprint density at radius 1 is 1.39 bits per heavy atom. The Balaban J connectivity index is 1.90. The lowest BCUT2D eigenvalue weighted by molar-refractivity contribution is 0.0594. The van der Waals surface area contributed by atoms with Crippen molar-refractivity contribution in [1.82, 2.24) is 19.4 Å². The number of H-pyrrole nitrogens is 1. The van der Waals surface area contributed by atoms with E-state index < -0.39 is 11.7 Å². The number of hydrogen-bond donors (Lipinski definition) is 1. The lowest BCUT2D eigenvalue weighted by Gasteiger charge is -2.08. The van der Waals surface area contributed by atoms with Gasteiger partial charge in [-0.25, -0.2) is 14.6 Å². The van der Waals surface area contributed by atoms with E-state index >= 15 is 0 Å². The first-order valence-electron chi connectivity index (χ1n) is 6.83. The molecule has 0 saturated heterocycles. The quantitative estimate of drug-likeness (QED) is 0.446. The second kappa shape index (κ2) is 6.25. The summed E-state index contributed by atoms with van der Waals surface area (Å²) in [5.41, 5.74) is 1.89. The van der Waals surface area contributed by atoms with Crippen molar-refractivity contribution in [1.29, 1.82) is 0 Å². The van der Waals surface area contributed by atoms with Gasteiger partial charge in [-0.2, -0.15) is 4.98 Å². The molecule has 23 heavy (non-hydrogen) atoms. The van der Waals surface area contributed by atoms with Crippen molar-refractivity contribution in [2.45, 2.75) is 17.7 Å². The third-order valence-corrected chi connectivity index (χ3v) is 4.26. The van der Waals surface area contributed by atoms with Crippen LogP contribution < -0.4 is 5.69 Å². The maximum atomic E-state index is 11.9. The summed E-state index contributed by atoms with van der Waals surface area (Å²) in [6.45, 7) is 1.64. The van der Waals surface area contributed by atoms with Crippen molar-refractivity contribution < 1.29 is 9.53 Å². The van der Waals surface area contributed by atoms with Gasteiger partial charge in [0, 0.05) is 23.8 Å². The molecule has 7 nitrogen and oxygen atoms in total. The van der Waals surface area contributed by atoms with Crippen molar-refractivity contribution in [3.8, 4) is 0 Å². The van der Waals surface area contributed by atoms with Crippen LogP contribution in [-0.2, 0) is 10.5 Å². The highest BCUT2D eigenvalue weighted by Crippen LogP contribution is 2.25. The number of thioether (sulfide) groups is 1. The molecular formula is C15H14N4O3S. The Hall–Kier alpha value is -2.61. The molecule has 0 unspecified atom stereocenters. The molecule has 118 valence electrons. The fourth-order valence-corrected chi connectivity index (χ4v) is 3.16. The Morgan fingerprint density at radius 3 is 2.96 bits per heavy atom. The first-order chi connectivity index (χ1) is 11.1. The molecule has 8 heteroatoms. The highest BCUT2D eigenvalue weighted by molar-refractivity contribution is 7.98. The van der Waals surface area contributed by atoms with E-state index in [1.165, 1.54) is 18.9 Å². The highest BCUT2D eigenvalue weighted by Gasteiger charge is 2.18. The summed E-state index contributed by atoms with van der Waals surface area (Å²) < 4.78 is 6.67. The van der Waals surface area contributed by atoms with Crippen LogP contribution in [0.15, 0.2) is 40.4 Å². The van der Waals surface area contributed by atoms with E-state index in [1.807, 2.05) is 35.0 Å². The zero-order chi connectivity index (χ0) is 16.4. The Morgan fingerprint density at radius 2 is 2.22 bits per heavy atom. The van der Waals surface area contributed by atoms with E-state index in [2.05, 4.69) is 15.0 Å². The normalized spacial score (nSPS) is 10.9. The van der Waals surface area contributed by atoms with E-state index in [1.54, 1.807) is 6.92 Å². The van der Waals surface area contributed by atoms with E-state index in [0.717, 1.165) is 11.3 Å². The SMILES string of the molecule is COC(=O)c1c(SCc2cn3ccccc3n2)nc(=O)[nH]c1C. The zero-order valence-electron chi connectivity index (χ0n) is 12.6. The molecule has 0 bridgehead atoms. The summed E-state index contributed by atoms with van der Waals surface area (Å²) in [6.07, 6.45) is 3.81. The number of methoxy groups -OCH3 is 1. The number of pyridine rings is 1. The second-order valence-corrected chi connectivity index (χ2v) is 5.79. The van der Waals surface area contributed by atoms with Gasteiger partial charge < -0.3 is 14.1 Å². The predicted octanol–water partition coefficient (Wildman–Crippen LogP) is 1.80. The summed E-state index contributed by atoms with van der Waals surface area (Å²) in [5, 5.41) is 0.343. The van der Waals surface area contributed by atoms with E-state index in [9.17, 15) is 9.59 Å². The van der Waals surface area contributed by atoms with Crippen LogP contribution in [0.25, 0.3) is 5.65 Å². The maximum absolute atomic E-state index is 11.9. The average Bonchev–Trinajstić information content (AvgIpc) is 2.94. The second-order valence-electron chi connectivity index (χ2n) is 4.83. The van der Waals surface area contributed by atoms with E-state index in [0.29, 0.717) is 16.5 Å². The first kappa shape index (κ1) is 15.3. The van der Waals surface area contributed by atoms with Gasteiger partial charge in [-0.1, -0.05) is 17.8 Å². The van der Waals surface area contributed by atoms with E-state index in [-0.39, 0.29) is 5.56 Å². The molecule has 0 saturated carbocycles. The summed E-state index contributed by atoms with van der Waals surface area (Å²) in [5.74, 6) is -0.0366. The monoisotopic (exact) mass is 330 g/mol. The third-order valence-electron chi connectivity index (χ3n) is 3.25. The van der Waals surface area contributed by atoms with Crippen molar-refractivity contribution in [2.75, 3.05) is 7.11 Å². The lowest BCUT2D eigenvalue weighted by atomic mass is 10.2. The third kappa shape index (κ3) is 3.11. The molecule has 3 heterocycles. The number of carbonyl (C=O) groups is 1. The Labute approximate surface area is 135 Å². The van der Waals surface area contributed by atoms with E-state index in [4.69, 9.17) is 4.74 Å². The fraction of sp³-hybridized carbons (Fsp3) is 0.200. The molecule has 0 amide bonds. The predicted molar refractivity (Wildman–Crippen MR) is 85.7 cm³/mol. The molecule has 0 aliphatic heterocycles. The van der Waals surface area contributed by atoms with Crippen LogP contribution in [0.2, 0.25) is 0 Å². The number of fused-ring (bicyclic) bond motifs is 1. The number of ether oxygens (including phenoxy) is 1. The van der Waals surface area contributed by atoms with Crippen LogP contribution in [0.1, 0.15) is 21.7 Å². The van der Waals surface area contributed by atoms with Crippen molar-refractivity contribution in [3.05, 3.63) is 58.0 Å². The van der Waals surface area contributed by atoms with Gasteiger partial charge in [0.05, 0.1) is 12.8 Å². The molecule has 0 aromatic carbocycles. The van der Waals surface area contributed by atoms with Gasteiger partial charge in [-0.3, -0.25) is 0 Å². The largest absolute Gasteiger partial charge is 0.465 e. The number of imidazole rings is 1. The number of aryl methyl sites for hydroxylation is 1. The molecule has 0 fully saturated rings. The number of nitrogens with zero attached hydrogens (tertiary/aromatic N) is 3. The van der Waals surface area contributed by atoms with Crippen LogP contribution >= 0.6 is 11.8 Å². The van der Waals surface area contributed by atoms with Gasteiger partial charge in [0.1, 0.15) is 16.2 Å². The number of rotatable bonds is 4. The first-order valence-corrected chi connectivity index (χ1v) is 7.81. The number of carbonyl (C=O) groups excluding carboxylic acids is 1. The number of aromatic amines is 1. The molecule has 3 aromatic heterocycles. The van der Waals surface area contributed by atoms with Gasteiger partial charge in [0.25, 0.3) is 0 Å². The van der Waals surface area contributed by atoms with Crippen LogP contribution in [-0.4, -0.2) is 32.4 Å². The van der Waals surface area contributed by atoms with Crippen LogP contribution in [0.5, 0.6) is 0 Å². The maximum Gasteiger partial charge on any atom is 0.346 e. The smallest absolute Gasteiger partial charge is 0.346 e. The summed E-state index contributed by atoms with van der Waals surface area (Å²) >= 11 is 1.28. The molecule has 3 rings (SSSR count). The molecule has 0 aliphatic rings. The topological polar surface area (TPSA) is 89.3 Å². The number of aromatic nitrogens is 4. The molecule has 0 spiro atoms. The van der Waals surface area contributed by atoms with Gasteiger partial charge in [0.15, 0.2) is 0 Å². The molecule has 1 N–H and O–H groups in total. The minimum Gasteiger partial charge on any atom is -0.465 e. The van der Waals surface area contributed by atoms with Gasteiger partial charge in [0.2, 0.25) is 0 Å². The van der Waals surface area contributed by atoms with Crippen LogP contribution in [0, 0.1) is 6.92 Å². The molecular weight excluding hydrogens is 316 g/mol. The van der Waals surface area contributed by atoms with Gasteiger partial charge in [-0.05, 0) is 19.1 Å². The summed E-state index contributed by atoms with van der Waals surface area (Å²) in [6, 6.07) is 5.74. The summed E-state index contributed by atoms with van der Waals surface area (Å²) in [7, 11) is 1.30. The van der Waals surface area contributed by atoms with Crippen molar-refractivity contribution >= 4 is 23.4 Å². The van der Waals surface area contributed by atoms with Gasteiger partial charge in [-0.15, -0.1) is 0 Å². The average molecular weight is 330 g/mol. The molecule has 0 radical (unpaired) electrons. The number of nitrogens with one attached hydrogen (secondary N) is 1. The number of esters is 1. The standard InChI is InChI=1S/C15H14N4O3S/c1-9-12(14(20)22-2)13(18-15(21)16-9)23-8-10-7-19-6-4-3-5-11(19)17-10/h3-7H,8H2,1-2H3,(H,16,18,21). The van der Waals surface area contributed by atoms with Crippen molar-refractivity contribution in [2.24, 2.45) is 0 Å². The summed E-state index contributed by atoms with van der Waals surface area (Å²) in [4.78, 5) is 34.4. The van der Waals surface area contributed by atoms with Crippen LogP contribution in [0.4, 0.5) is 0 Å². The van der Waals surface area contributed by atoms with Crippen LogP contribution in [0.3, 0.4) is 0 Å². The minimum atomic E-state index is -0.524. The lowest BCUT2D eigenvalue weighted by Crippen LogP contribution is -2.19. The van der Waals surface area contributed by atoms with Gasteiger partial charge >= 0.3 is 11.7 Å². The molecule has 0 aliphatic carbocycles. The Bertz CT molecular complexity index is 899. The highest BCUT2D eigenvalue weighted by atomic mass is 32.2. The Kier molecular flexibility index (Phi) is 4.16. The molecule has 3 aromatic rings. The van der Waals surface area contributed by atoms with Crippen molar-refractivity contribution in [3.63, 3.8) is 0 Å². The molecule has 0 atom stereocenters. The minimum absolute atomic E-state index is 0.279. The zero-order valence-corrected chi connectivity index (χ0v) is 13.4.